The number of unbranched alkanes of at least 4 members (excludes halogenated alkanes) is 2. The molecule has 2 aromatic rings. The minimum atomic E-state index is 0.229. The van der Waals surface area contributed by atoms with Crippen LogP contribution < -0.4 is 14.8 Å². The van der Waals surface area contributed by atoms with Crippen molar-refractivity contribution in [3.8, 4) is 11.5 Å². The lowest BCUT2D eigenvalue weighted by Gasteiger charge is -2.15. The summed E-state index contributed by atoms with van der Waals surface area (Å²) < 4.78 is 11.8. The van der Waals surface area contributed by atoms with Crippen LogP contribution in [0.1, 0.15) is 52.0 Å². The highest BCUT2D eigenvalue weighted by atomic mass is 16.5. The minimum absolute atomic E-state index is 0.229. The van der Waals surface area contributed by atoms with Gasteiger partial charge in [0.2, 0.25) is 0 Å². The van der Waals surface area contributed by atoms with Crippen molar-refractivity contribution in [1.82, 2.24) is 0 Å². The lowest BCUT2D eigenvalue weighted by molar-refractivity contribution is 0.217. The summed E-state index contributed by atoms with van der Waals surface area (Å²) in [5, 5.41) is 3.47. The Hall–Kier alpha value is -2.16. The van der Waals surface area contributed by atoms with E-state index in [1.54, 1.807) is 0 Å². The van der Waals surface area contributed by atoms with Crippen LogP contribution in [-0.2, 0) is 6.54 Å². The van der Waals surface area contributed by atoms with Crippen molar-refractivity contribution in [2.75, 3.05) is 11.9 Å². The molecule has 0 aliphatic carbocycles. The Bertz CT molecular complexity index is 627. The van der Waals surface area contributed by atoms with Crippen molar-refractivity contribution in [2.45, 2.75) is 59.1 Å². The standard InChI is InChI=1S/C22H31NO2/c1-4-6-9-15-24-22-14-8-7-11-19(22)17-23-20-12-10-13-21(16-20)25-18(3)5-2/h7-8,10-14,16,18,23H,4-6,9,15,17H2,1-3H3. The zero-order valence-corrected chi connectivity index (χ0v) is 15.8. The molecule has 0 aliphatic rings. The first-order chi connectivity index (χ1) is 12.2. The van der Waals surface area contributed by atoms with Gasteiger partial charge in [-0.05, 0) is 38.0 Å². The van der Waals surface area contributed by atoms with Crippen molar-refractivity contribution in [3.63, 3.8) is 0 Å². The van der Waals surface area contributed by atoms with E-state index in [0.717, 1.165) is 43.2 Å². The maximum atomic E-state index is 5.95. The second kappa shape index (κ2) is 10.7. The summed E-state index contributed by atoms with van der Waals surface area (Å²) in [6.45, 7) is 7.94. The van der Waals surface area contributed by atoms with Gasteiger partial charge in [-0.3, -0.25) is 0 Å². The van der Waals surface area contributed by atoms with E-state index in [-0.39, 0.29) is 6.10 Å². The highest BCUT2D eigenvalue weighted by Gasteiger charge is 2.05. The summed E-state index contributed by atoms with van der Waals surface area (Å²) in [7, 11) is 0. The smallest absolute Gasteiger partial charge is 0.124 e. The molecule has 0 aromatic heterocycles. The quantitative estimate of drug-likeness (QED) is 0.505. The van der Waals surface area contributed by atoms with Gasteiger partial charge in [0.05, 0.1) is 12.7 Å². The third-order valence-electron chi connectivity index (χ3n) is 4.21. The molecule has 1 N–H and O–H groups in total. The molecule has 2 aromatic carbocycles. The highest BCUT2D eigenvalue weighted by molar-refractivity contribution is 5.49. The fraction of sp³-hybridized carbons (Fsp3) is 0.455. The molecule has 0 radical (unpaired) electrons. The van der Waals surface area contributed by atoms with E-state index < -0.39 is 0 Å². The Kier molecular flexibility index (Phi) is 8.17. The van der Waals surface area contributed by atoms with E-state index in [1.807, 2.05) is 24.3 Å². The molecule has 0 saturated carbocycles. The zero-order chi connectivity index (χ0) is 17.9. The molecule has 0 bridgehead atoms. The van der Waals surface area contributed by atoms with E-state index in [0.29, 0.717) is 0 Å². The first-order valence-electron chi connectivity index (χ1n) is 9.44. The summed E-state index contributed by atoms with van der Waals surface area (Å²) in [6.07, 6.45) is 4.76. The number of para-hydroxylation sites is 1. The Morgan fingerprint density at radius 2 is 1.84 bits per heavy atom. The minimum Gasteiger partial charge on any atom is -0.493 e. The fourth-order valence-corrected chi connectivity index (χ4v) is 2.52. The van der Waals surface area contributed by atoms with Gasteiger partial charge in [-0.15, -0.1) is 0 Å². The van der Waals surface area contributed by atoms with E-state index in [2.05, 4.69) is 50.4 Å². The molecule has 0 amide bonds. The predicted octanol–water partition coefficient (Wildman–Crippen LogP) is 6.05. The summed E-state index contributed by atoms with van der Waals surface area (Å²) >= 11 is 0. The monoisotopic (exact) mass is 341 g/mol. The summed E-state index contributed by atoms with van der Waals surface area (Å²) in [4.78, 5) is 0. The van der Waals surface area contributed by atoms with Crippen LogP contribution >= 0.6 is 0 Å². The van der Waals surface area contributed by atoms with Crippen LogP contribution in [0.3, 0.4) is 0 Å². The first-order valence-corrected chi connectivity index (χ1v) is 9.44. The molecule has 3 nitrogen and oxygen atoms in total. The maximum absolute atomic E-state index is 5.95. The Labute approximate surface area is 152 Å². The van der Waals surface area contributed by atoms with Crippen molar-refractivity contribution in [1.29, 1.82) is 0 Å². The van der Waals surface area contributed by atoms with Crippen LogP contribution in [0.4, 0.5) is 5.69 Å². The Morgan fingerprint density at radius 1 is 1.00 bits per heavy atom. The molecule has 0 saturated heterocycles. The molecule has 0 heterocycles. The molecular weight excluding hydrogens is 310 g/mol. The number of hydrogen-bond acceptors (Lipinski definition) is 3. The van der Waals surface area contributed by atoms with Crippen LogP contribution in [0, 0.1) is 0 Å². The molecule has 0 aliphatic heterocycles. The van der Waals surface area contributed by atoms with Crippen molar-refractivity contribution in [2.24, 2.45) is 0 Å². The average molecular weight is 341 g/mol. The van der Waals surface area contributed by atoms with Crippen LogP contribution in [-0.4, -0.2) is 12.7 Å². The normalized spacial score (nSPS) is 11.8. The second-order valence-corrected chi connectivity index (χ2v) is 6.38. The third kappa shape index (κ3) is 6.69. The Balaban J connectivity index is 1.93. The predicted molar refractivity (Wildman–Crippen MR) is 106 cm³/mol. The largest absolute Gasteiger partial charge is 0.493 e. The molecule has 0 fully saturated rings. The Morgan fingerprint density at radius 3 is 2.64 bits per heavy atom. The SMILES string of the molecule is CCCCCOc1ccccc1CNc1cccc(OC(C)CC)c1. The van der Waals surface area contributed by atoms with E-state index in [4.69, 9.17) is 9.47 Å². The molecule has 0 spiro atoms. The van der Waals surface area contributed by atoms with E-state index in [9.17, 15) is 0 Å². The number of ether oxygens (including phenoxy) is 2. The number of nitrogens with one attached hydrogen (secondary N) is 1. The maximum Gasteiger partial charge on any atom is 0.124 e. The third-order valence-corrected chi connectivity index (χ3v) is 4.21. The number of benzene rings is 2. The summed E-state index contributed by atoms with van der Waals surface area (Å²) in [5.41, 5.74) is 2.23. The molecule has 25 heavy (non-hydrogen) atoms. The first kappa shape index (κ1) is 19.2. The lowest BCUT2D eigenvalue weighted by Crippen LogP contribution is -2.10. The molecule has 1 unspecified atom stereocenters. The van der Waals surface area contributed by atoms with E-state index >= 15 is 0 Å². The number of hydrogen-bond donors (Lipinski definition) is 1. The zero-order valence-electron chi connectivity index (χ0n) is 15.8. The van der Waals surface area contributed by atoms with Gasteiger partial charge in [0.1, 0.15) is 11.5 Å². The van der Waals surface area contributed by atoms with Crippen LogP contribution in [0.2, 0.25) is 0 Å². The van der Waals surface area contributed by atoms with Crippen molar-refractivity contribution < 1.29 is 9.47 Å². The molecule has 1 atom stereocenters. The molecular formula is C22H31NO2. The van der Waals surface area contributed by atoms with Gasteiger partial charge >= 0.3 is 0 Å². The van der Waals surface area contributed by atoms with Crippen LogP contribution in [0.25, 0.3) is 0 Å². The summed E-state index contributed by atoms with van der Waals surface area (Å²) in [5.74, 6) is 1.88. The van der Waals surface area contributed by atoms with Gasteiger partial charge in [0, 0.05) is 23.9 Å². The molecule has 136 valence electrons. The van der Waals surface area contributed by atoms with Crippen molar-refractivity contribution in [3.05, 3.63) is 54.1 Å². The van der Waals surface area contributed by atoms with Gasteiger partial charge in [-0.2, -0.15) is 0 Å². The average Bonchev–Trinajstić information content (AvgIpc) is 2.64. The molecule has 2 rings (SSSR count). The van der Waals surface area contributed by atoms with Gasteiger partial charge < -0.3 is 14.8 Å². The molecule has 3 heteroatoms. The van der Waals surface area contributed by atoms with Crippen LogP contribution in [0.15, 0.2) is 48.5 Å². The number of anilines is 1. The van der Waals surface area contributed by atoms with Crippen molar-refractivity contribution >= 4 is 5.69 Å². The van der Waals surface area contributed by atoms with Gasteiger partial charge in [0.15, 0.2) is 0 Å². The van der Waals surface area contributed by atoms with Crippen LogP contribution in [0.5, 0.6) is 11.5 Å². The topological polar surface area (TPSA) is 30.5 Å². The van der Waals surface area contributed by atoms with Gasteiger partial charge in [-0.25, -0.2) is 0 Å². The highest BCUT2D eigenvalue weighted by Crippen LogP contribution is 2.23. The lowest BCUT2D eigenvalue weighted by atomic mass is 10.2. The van der Waals surface area contributed by atoms with E-state index in [1.165, 1.54) is 18.4 Å². The van der Waals surface area contributed by atoms with Gasteiger partial charge in [0.25, 0.3) is 0 Å². The summed E-state index contributed by atoms with van der Waals surface area (Å²) in [6, 6.07) is 16.4. The number of rotatable bonds is 11. The van der Waals surface area contributed by atoms with Gasteiger partial charge in [-0.1, -0.05) is 51.0 Å². The fourth-order valence-electron chi connectivity index (χ4n) is 2.52. The second-order valence-electron chi connectivity index (χ2n) is 6.38.